The molecule has 0 saturated carbocycles. The number of aldehydes is 1. The smallest absolute Gasteiger partial charge is 1.00 e. The van der Waals surface area contributed by atoms with E-state index in [9.17, 15) is 9.59 Å². The van der Waals surface area contributed by atoms with Gasteiger partial charge in [0.1, 0.15) is 92.5 Å². The van der Waals surface area contributed by atoms with Gasteiger partial charge in [0.2, 0.25) is 5.65 Å². The Labute approximate surface area is 778 Å². The second kappa shape index (κ2) is 46.1. The van der Waals surface area contributed by atoms with E-state index in [-0.39, 0.29) is 125 Å². The molecule has 0 unspecified atom stereocenters. The standard InChI is InChI=1S/C15H13N7O.C15H11N7.C13H10N6.C13H11N.C8H4BrN3.C8H6N4.C5H6N2O.CH2O3.CH2O2.CH4.2K.H/c1-20-5-4-11(19-20)12-6-17-9-22(12)10-2-3-14-18-7-13(15(16)23)21(14)8-10;1-20-5-4-13(19-20)14-8-17-10-22(14)11-2-3-15-18-7-12(6-16)21(15)9-11;1-18-5-4-10(17-18)7-15-11-2-3-13-16-8-12(6-14)19(13)9-11;14-13(11-7-3-1-4-8-11)12-9-5-2-6-10-12;9-6-1-2-8-11-4-7(3-10)12(8)5-6;1-10-8-4-11-7-3-2-6(9)5-12(7)8;1-7-3-2-5(4-8)6-7;2-1-4-3;2-1-3;;;;/h2-9H,1H3,(H2,16,23);2-5,7-10H,1H3;2-5,7-9H,1H3;1-10,14H;1-2,4-5H;2-5H,9H2;2-4H,1H3;1,3H;1H,(H,2,3);1H4;;;/q;;;;;;;;;;2*+1;-1/p-1. The second-order valence-electron chi connectivity index (χ2n) is 23.8. The largest absolute Gasteiger partial charge is 1.00 e. The minimum Gasteiger partial charge on any atom is -1.00 e. The van der Waals surface area contributed by atoms with E-state index in [4.69, 9.17) is 59.2 Å². The van der Waals surface area contributed by atoms with Crippen molar-refractivity contribution in [3.63, 3.8) is 0 Å². The number of carbonyl (C=O) groups is 4. The molecule has 120 heavy (non-hydrogen) atoms. The number of aromatic nitrogens is 22. The molecule has 16 aromatic heterocycles. The van der Waals surface area contributed by atoms with Gasteiger partial charge in [-0.25, -0.2) is 39.3 Å². The first-order valence-electron chi connectivity index (χ1n) is 34.0. The molecule has 0 aliphatic rings. The fraction of sp³-hybridized carbons (Fsp3) is 0.0625. The first kappa shape index (κ1) is 93.2. The van der Waals surface area contributed by atoms with Crippen LogP contribution in [0.15, 0.2) is 267 Å². The molecule has 1 amide bonds. The molecule has 18 rings (SSSR count). The Morgan fingerprint density at radius 1 is 0.558 bits per heavy atom. The average Bonchev–Trinajstić information content (AvgIpc) is 1.66. The first-order chi connectivity index (χ1) is 56.8. The molecule has 6 N–H and O–H groups in total. The van der Waals surface area contributed by atoms with Crippen molar-refractivity contribution in [3.05, 3.63) is 319 Å². The maximum absolute atomic E-state index is 11.5. The minimum atomic E-state index is -0.523. The third kappa shape index (κ3) is 24.6. The van der Waals surface area contributed by atoms with Crippen LogP contribution in [0, 0.1) is 46.0 Å². The maximum atomic E-state index is 11.5. The van der Waals surface area contributed by atoms with Crippen LogP contribution in [0.3, 0.4) is 0 Å². The molecule has 37 nitrogen and oxygen atoms in total. The first-order valence-corrected chi connectivity index (χ1v) is 34.8. The third-order valence-corrected chi connectivity index (χ3v) is 16.5. The summed E-state index contributed by atoms with van der Waals surface area (Å²) in [5, 5.41) is 66.9. The number of amides is 1. The number of halogens is 1. The fourth-order valence-corrected chi connectivity index (χ4v) is 11.1. The van der Waals surface area contributed by atoms with Crippen LogP contribution in [0.2, 0.25) is 0 Å². The number of fused-ring (bicyclic) bond motifs is 5. The van der Waals surface area contributed by atoms with E-state index < -0.39 is 5.91 Å². The predicted octanol–water partition coefficient (Wildman–Crippen LogP) is 4.16. The summed E-state index contributed by atoms with van der Waals surface area (Å²) in [6.45, 7) is 6.41. The monoisotopic (exact) mass is 1720 g/mol. The summed E-state index contributed by atoms with van der Waals surface area (Å²) in [6.07, 6.45) is 33.3. The molecule has 590 valence electrons. The van der Waals surface area contributed by atoms with Gasteiger partial charge in [0.05, 0.1) is 102 Å². The Balaban J connectivity index is 0.000000219. The van der Waals surface area contributed by atoms with Crippen molar-refractivity contribution in [2.75, 3.05) is 5.73 Å². The summed E-state index contributed by atoms with van der Waals surface area (Å²) in [7, 11) is 7.36. The number of nitrogens with two attached hydrogens (primary N) is 2. The number of anilines is 1. The number of pyridine rings is 5. The van der Waals surface area contributed by atoms with E-state index in [1.807, 2.05) is 189 Å². The Hall–Kier alpha value is -14.0. The summed E-state index contributed by atoms with van der Waals surface area (Å²) < 4.78 is 20.1. The predicted molar refractivity (Wildman–Crippen MR) is 437 cm³/mol. The average molecular weight is 1720 g/mol. The van der Waals surface area contributed by atoms with Crippen LogP contribution >= 0.6 is 15.9 Å². The van der Waals surface area contributed by atoms with Gasteiger partial charge in [0.15, 0.2) is 6.29 Å². The summed E-state index contributed by atoms with van der Waals surface area (Å²) in [5.41, 5.74) is 26.7. The van der Waals surface area contributed by atoms with Crippen LogP contribution in [-0.2, 0) is 42.7 Å². The molecular weight excluding hydrogens is 1650 g/mol. The summed E-state index contributed by atoms with van der Waals surface area (Å²) >= 11 is 3.32. The van der Waals surface area contributed by atoms with Gasteiger partial charge >= 0.3 is 103 Å². The van der Waals surface area contributed by atoms with Crippen LogP contribution in [0.4, 0.5) is 17.2 Å². The van der Waals surface area contributed by atoms with Crippen molar-refractivity contribution in [1.29, 1.82) is 21.2 Å². The van der Waals surface area contributed by atoms with Crippen LogP contribution in [0.25, 0.3) is 67.2 Å². The quantitative estimate of drug-likeness (QED) is 0.0352. The SMILES string of the molecule is C.Cn1ccc(-c2cncn2-c2ccc3ncc(C#N)n3c2)n1.Cn1ccc(-c2cncn2-c2ccc3ncc(C(N)=O)n3c2)n1.Cn1ccc(C=Nc2ccc3ncc(C#N)n3c2)n1.Cn1ccc(C=O)n1.N#Cc1cnc2ccc(Br)cn12.N=C(c1ccccc1)c1ccccc1.O=CO.O=CO[O-].[C-]#[N+]c1cnc2ccc(N)cn12.[H-].[K+].[K+]. The van der Waals surface area contributed by atoms with Crippen molar-refractivity contribution in [2.45, 2.75) is 7.43 Å². The van der Waals surface area contributed by atoms with Crippen molar-refractivity contribution in [1.82, 2.24) is 105 Å². The number of imidazole rings is 7. The van der Waals surface area contributed by atoms with Crippen LogP contribution in [0.1, 0.15) is 63.7 Å². The topological polar surface area (TPSA) is 478 Å². The molecule has 0 radical (unpaired) electrons. The normalized spacial score (nSPS) is 9.92. The van der Waals surface area contributed by atoms with Gasteiger partial charge in [-0.15, -0.1) is 0 Å². The van der Waals surface area contributed by atoms with E-state index in [1.54, 1.807) is 141 Å². The number of nitrogens with one attached hydrogen (secondary N) is 1. The molecule has 0 spiro atoms. The van der Waals surface area contributed by atoms with Gasteiger partial charge in [-0.05, 0) is 106 Å². The third-order valence-electron chi connectivity index (χ3n) is 16.0. The van der Waals surface area contributed by atoms with Gasteiger partial charge in [0, 0.05) is 88.3 Å². The van der Waals surface area contributed by atoms with Gasteiger partial charge in [-0.2, -0.15) is 36.2 Å². The van der Waals surface area contributed by atoms with Crippen LogP contribution < -0.4 is 119 Å². The fourth-order valence-electron chi connectivity index (χ4n) is 10.7. The van der Waals surface area contributed by atoms with Crippen molar-refractivity contribution in [3.8, 4) is 52.4 Å². The number of nitriles is 3. The zero-order valence-electron chi connectivity index (χ0n) is 65.1. The number of aryl methyl sites for hydroxylation is 4. The molecule has 18 aromatic rings. The van der Waals surface area contributed by atoms with Gasteiger partial charge in [-0.3, -0.25) is 75.0 Å². The van der Waals surface area contributed by atoms with E-state index in [0.29, 0.717) is 51.3 Å². The minimum absolute atomic E-state index is 0. The Bertz CT molecular complexity index is 6550. The zero-order chi connectivity index (χ0) is 83.3. The zero-order valence-corrected chi connectivity index (χ0v) is 71.9. The number of hydrogen-bond donors (Lipinski definition) is 4. The molecule has 0 atom stereocenters. The molecule has 0 aliphatic carbocycles. The van der Waals surface area contributed by atoms with Crippen LogP contribution in [-0.4, -0.2) is 147 Å². The molecule has 40 heteroatoms. The molecule has 2 aromatic carbocycles. The van der Waals surface area contributed by atoms with E-state index in [0.717, 1.165) is 90.0 Å². The van der Waals surface area contributed by atoms with Gasteiger partial charge in [0.25, 0.3) is 24.7 Å². The molecule has 16 heterocycles. The van der Waals surface area contributed by atoms with E-state index in [1.165, 1.54) is 12.4 Å². The number of carbonyl (C=O) groups excluding carboxylic acids is 3. The van der Waals surface area contributed by atoms with E-state index >= 15 is 0 Å². The van der Waals surface area contributed by atoms with E-state index in [2.05, 4.69) is 104 Å². The molecular formula is C80H69BrK2N30O7. The van der Waals surface area contributed by atoms with Crippen LogP contribution in [0.5, 0.6) is 0 Å². The molecule has 0 bridgehead atoms. The number of hydrogen-bond acceptors (Lipinski definition) is 23. The Kier molecular flexibility index (Phi) is 35.8. The van der Waals surface area contributed by atoms with Crippen molar-refractivity contribution in [2.24, 2.45) is 38.9 Å². The number of rotatable bonds is 11. The number of aliphatic imine (C=N–C) groups is 1. The van der Waals surface area contributed by atoms with Crippen molar-refractivity contribution >= 4 is 98.4 Å². The molecule has 0 aliphatic heterocycles. The number of carboxylic acid groups (broad SMARTS) is 1. The van der Waals surface area contributed by atoms with Crippen molar-refractivity contribution < 1.29 is 139 Å². The van der Waals surface area contributed by atoms with Gasteiger partial charge < -0.3 is 33.0 Å². The number of nitrogens with zero attached hydrogens (tertiary/aromatic N) is 27. The number of benzene rings is 2. The van der Waals surface area contributed by atoms with Gasteiger partial charge in [-0.1, -0.05) is 74.7 Å². The summed E-state index contributed by atoms with van der Waals surface area (Å²) in [5.74, 6) is -0.0393. The Morgan fingerprint density at radius 2 is 0.975 bits per heavy atom. The molecule has 0 fully saturated rings. The maximum Gasteiger partial charge on any atom is 1.00 e. The second-order valence-corrected chi connectivity index (χ2v) is 24.7. The summed E-state index contributed by atoms with van der Waals surface area (Å²) in [4.78, 5) is 77.7. The summed E-state index contributed by atoms with van der Waals surface area (Å²) in [6, 6.07) is 51.7. The Morgan fingerprint density at radius 3 is 1.42 bits per heavy atom. The number of primary amides is 1. The number of nitrogen functional groups attached to an aromatic ring is 1. The molecule has 0 saturated heterocycles.